The summed E-state index contributed by atoms with van der Waals surface area (Å²) in [6, 6.07) is 16.4. The lowest BCUT2D eigenvalue weighted by molar-refractivity contribution is 0.108. The lowest BCUT2D eigenvalue weighted by Gasteiger charge is -2.10. The molecule has 264 valence electrons. The first-order chi connectivity index (χ1) is 23.7. The van der Waals surface area contributed by atoms with Crippen molar-refractivity contribution in [3.8, 4) is 11.8 Å². The molecule has 0 bridgehead atoms. The molecule has 15 heteroatoms. The van der Waals surface area contributed by atoms with Crippen molar-refractivity contribution in [3.63, 3.8) is 0 Å². The third-order valence-corrected chi connectivity index (χ3v) is 6.89. The minimum atomic E-state index is -0.449. The highest BCUT2D eigenvalue weighted by molar-refractivity contribution is 14.1. The SMILES string of the molecule is C.CCCNc1nc(Nc2cccc(F)c2)ncc1C#Cc1cc(N)ccc1F.CCCNc1nc(Nc2cccc(F)c2)ncc1I.FF. The van der Waals surface area contributed by atoms with Gasteiger partial charge in [0.2, 0.25) is 11.9 Å². The van der Waals surface area contributed by atoms with E-state index in [-0.39, 0.29) is 24.6 Å². The van der Waals surface area contributed by atoms with Gasteiger partial charge in [-0.2, -0.15) is 9.97 Å². The van der Waals surface area contributed by atoms with Crippen LogP contribution in [0.1, 0.15) is 45.2 Å². The molecule has 0 radical (unpaired) electrons. The smallest absolute Gasteiger partial charge is 0.229 e. The Morgan fingerprint density at radius 3 is 1.78 bits per heavy atom. The van der Waals surface area contributed by atoms with Crippen molar-refractivity contribution in [2.45, 2.75) is 34.1 Å². The molecule has 0 amide bonds. The quantitative estimate of drug-likeness (QED) is 0.0406. The number of aromatic nitrogens is 4. The molecule has 3 aromatic carbocycles. The van der Waals surface area contributed by atoms with E-state index in [1.165, 1.54) is 48.7 Å². The maximum absolute atomic E-state index is 13.9. The summed E-state index contributed by atoms with van der Waals surface area (Å²) in [6.07, 6.45) is 5.16. The predicted octanol–water partition coefficient (Wildman–Crippen LogP) is 9.56. The second-order valence-electron chi connectivity index (χ2n) is 9.96. The molecule has 6 N–H and O–H groups in total. The number of nitrogens with two attached hydrogens (primary N) is 1. The number of nitrogens with zero attached hydrogens (tertiary/aromatic N) is 4. The number of rotatable bonds is 10. The monoisotopic (exact) mass is 805 g/mol. The van der Waals surface area contributed by atoms with Crippen molar-refractivity contribution in [1.29, 1.82) is 0 Å². The molecule has 0 unspecified atom stereocenters. The summed E-state index contributed by atoms with van der Waals surface area (Å²) >= 11 is 2.18. The van der Waals surface area contributed by atoms with Gasteiger partial charge in [-0.05, 0) is 90.0 Å². The molecule has 5 aromatic rings. The Kier molecular flexibility index (Phi) is 17.7. The van der Waals surface area contributed by atoms with Crippen LogP contribution < -0.4 is 27.0 Å². The number of anilines is 7. The van der Waals surface area contributed by atoms with E-state index in [1.54, 1.807) is 30.5 Å². The minimum absolute atomic E-state index is 0. The van der Waals surface area contributed by atoms with Gasteiger partial charge in [0, 0.05) is 45.5 Å². The van der Waals surface area contributed by atoms with Crippen LogP contribution in [0.3, 0.4) is 0 Å². The Labute approximate surface area is 301 Å². The van der Waals surface area contributed by atoms with Crippen LogP contribution >= 0.6 is 22.6 Å². The molecular weight excluding hydrogens is 768 g/mol. The van der Waals surface area contributed by atoms with Gasteiger partial charge in [0.1, 0.15) is 29.1 Å². The first kappa shape index (κ1) is 40.9. The normalized spacial score (nSPS) is 9.68. The second-order valence-corrected chi connectivity index (χ2v) is 11.1. The average molecular weight is 806 g/mol. The molecule has 0 aliphatic carbocycles. The van der Waals surface area contributed by atoms with Crippen LogP contribution in [0.15, 0.2) is 79.1 Å². The largest absolute Gasteiger partial charge is 0.399 e. The van der Waals surface area contributed by atoms with Crippen molar-refractivity contribution >= 4 is 63.2 Å². The molecule has 9 nitrogen and oxygen atoms in total. The first-order valence-corrected chi connectivity index (χ1v) is 16.0. The number of benzene rings is 3. The highest BCUT2D eigenvalue weighted by atomic mass is 127. The Balaban J connectivity index is 0.000000345. The van der Waals surface area contributed by atoms with E-state index in [2.05, 4.69) is 82.6 Å². The van der Waals surface area contributed by atoms with Crippen LogP contribution in [0.25, 0.3) is 0 Å². The standard InChI is InChI=1S/C21H19F2N5.C13H14FIN4.CH4.F2/c1-2-10-25-20-15(7-6-14-11-17(24)8-9-19(14)23)13-26-21(28-20)27-18-5-3-4-16(22)12-18;1-2-6-16-12-11(15)8-17-13(19-12)18-10-5-3-4-9(14)7-10;;1-2/h3-5,8-9,11-13H,2,10,24H2,1H3,(H2,25,26,27,28);3-5,7-8H,2,6H2,1H3,(H2,16,17,18,19);1H4;. The van der Waals surface area contributed by atoms with Gasteiger partial charge in [-0.1, -0.05) is 45.2 Å². The lowest BCUT2D eigenvalue weighted by Crippen LogP contribution is -2.07. The number of nitrogens with one attached hydrogen (secondary N) is 4. The fraction of sp³-hybridized carbons (Fsp3) is 0.200. The zero-order valence-corrected chi connectivity index (χ0v) is 28.6. The van der Waals surface area contributed by atoms with Crippen LogP contribution in [0.5, 0.6) is 0 Å². The Bertz CT molecular complexity index is 1870. The van der Waals surface area contributed by atoms with Crippen LogP contribution in [-0.4, -0.2) is 33.0 Å². The van der Waals surface area contributed by atoms with Crippen LogP contribution in [0.2, 0.25) is 0 Å². The van der Waals surface area contributed by atoms with Crippen molar-refractivity contribution in [2.24, 2.45) is 0 Å². The fourth-order valence-electron chi connectivity index (χ4n) is 3.87. The van der Waals surface area contributed by atoms with E-state index in [1.807, 2.05) is 6.92 Å². The summed E-state index contributed by atoms with van der Waals surface area (Å²) in [5.74, 6) is 6.59. The van der Waals surface area contributed by atoms with Gasteiger partial charge >= 0.3 is 0 Å². The van der Waals surface area contributed by atoms with E-state index in [4.69, 9.17) is 14.9 Å². The summed E-state index contributed by atoms with van der Waals surface area (Å²) in [4.78, 5) is 17.2. The number of nitrogen functional groups attached to an aromatic ring is 1. The predicted molar refractivity (Wildman–Crippen MR) is 199 cm³/mol. The van der Waals surface area contributed by atoms with Gasteiger partial charge in [-0.25, -0.2) is 23.1 Å². The first-order valence-electron chi connectivity index (χ1n) is 14.9. The van der Waals surface area contributed by atoms with E-state index in [9.17, 15) is 13.2 Å². The molecule has 50 heavy (non-hydrogen) atoms. The highest BCUT2D eigenvalue weighted by Gasteiger charge is 2.08. The van der Waals surface area contributed by atoms with Crippen molar-refractivity contribution in [3.05, 3.63) is 111 Å². The number of hydrogen-bond acceptors (Lipinski definition) is 9. The summed E-state index contributed by atoms with van der Waals surface area (Å²) in [5, 5.41) is 12.3. The van der Waals surface area contributed by atoms with Gasteiger partial charge in [0.25, 0.3) is 0 Å². The van der Waals surface area contributed by atoms with E-state index in [0.29, 0.717) is 46.9 Å². The zero-order valence-electron chi connectivity index (χ0n) is 26.5. The average Bonchev–Trinajstić information content (AvgIpc) is 3.09. The molecular formula is C35H37F5IN9. The van der Waals surface area contributed by atoms with Crippen molar-refractivity contribution in [1.82, 2.24) is 19.9 Å². The molecule has 2 aromatic heterocycles. The third kappa shape index (κ3) is 13.3. The van der Waals surface area contributed by atoms with Gasteiger partial charge in [0.15, 0.2) is 0 Å². The van der Waals surface area contributed by atoms with Gasteiger partial charge in [-0.15, -0.1) is 0 Å². The number of hydrogen-bond donors (Lipinski definition) is 5. The van der Waals surface area contributed by atoms with Gasteiger partial charge in [-0.3, -0.25) is 0 Å². The third-order valence-electron chi connectivity index (χ3n) is 6.10. The van der Waals surface area contributed by atoms with Gasteiger partial charge < -0.3 is 27.0 Å². The molecule has 2 heterocycles. The number of halogens is 6. The molecule has 0 spiro atoms. The van der Waals surface area contributed by atoms with Gasteiger partial charge in [0.05, 0.1) is 20.9 Å². The molecule has 0 saturated heterocycles. The highest BCUT2D eigenvalue weighted by Crippen LogP contribution is 2.20. The topological polar surface area (TPSA) is 126 Å². The maximum atomic E-state index is 13.9. The molecule has 0 aliphatic rings. The summed E-state index contributed by atoms with van der Waals surface area (Å²) in [6.45, 7) is 5.64. The van der Waals surface area contributed by atoms with Crippen LogP contribution in [0.4, 0.5) is 62.9 Å². The fourth-order valence-corrected chi connectivity index (χ4v) is 4.32. The van der Waals surface area contributed by atoms with E-state index in [0.717, 1.165) is 28.8 Å². The summed E-state index contributed by atoms with van der Waals surface area (Å²) in [7, 11) is 0. The minimum Gasteiger partial charge on any atom is -0.399 e. The Morgan fingerprint density at radius 1 is 0.700 bits per heavy atom. The molecule has 0 atom stereocenters. The maximum Gasteiger partial charge on any atom is 0.229 e. The van der Waals surface area contributed by atoms with Crippen LogP contribution in [-0.2, 0) is 0 Å². The van der Waals surface area contributed by atoms with E-state index < -0.39 is 5.82 Å². The van der Waals surface area contributed by atoms with Crippen molar-refractivity contribution in [2.75, 3.05) is 40.1 Å². The summed E-state index contributed by atoms with van der Waals surface area (Å²) in [5.41, 5.74) is 7.99. The molecule has 0 saturated carbocycles. The van der Waals surface area contributed by atoms with E-state index >= 15 is 0 Å². The molecule has 0 aliphatic heterocycles. The Hall–Kier alpha value is -5.24. The zero-order chi connectivity index (χ0) is 35.6. The summed E-state index contributed by atoms with van der Waals surface area (Å²) < 4.78 is 57.3. The molecule has 5 rings (SSSR count). The second kappa shape index (κ2) is 21.7. The lowest BCUT2D eigenvalue weighted by atomic mass is 10.2. The Morgan fingerprint density at radius 2 is 1.22 bits per heavy atom. The van der Waals surface area contributed by atoms with Crippen LogP contribution in [0, 0.1) is 32.9 Å². The molecule has 0 fully saturated rings. The van der Waals surface area contributed by atoms with Crippen molar-refractivity contribution < 1.29 is 22.3 Å².